The Hall–Kier alpha value is -2.08. The topological polar surface area (TPSA) is 68.1 Å². The Morgan fingerprint density at radius 3 is 2.68 bits per heavy atom. The molecular weight excluding hydrogens is 262 g/mol. The van der Waals surface area contributed by atoms with Crippen molar-refractivity contribution in [1.82, 2.24) is 4.98 Å². The Morgan fingerprint density at radius 1 is 1.32 bits per heavy atom. The van der Waals surface area contributed by atoms with Gasteiger partial charge in [0, 0.05) is 17.5 Å². The first-order valence-corrected chi connectivity index (χ1v) is 6.64. The van der Waals surface area contributed by atoms with Gasteiger partial charge in [0.15, 0.2) is 0 Å². The number of rotatable bonds is 5. The first-order valence-electron chi connectivity index (χ1n) is 5.82. The van der Waals surface area contributed by atoms with Crippen LogP contribution in [0.3, 0.4) is 0 Å². The highest BCUT2D eigenvalue weighted by atomic mass is 32.2. The zero-order valence-electron chi connectivity index (χ0n) is 10.4. The van der Waals surface area contributed by atoms with Crippen molar-refractivity contribution in [2.75, 3.05) is 11.9 Å². The third-order valence-corrected chi connectivity index (χ3v) is 3.25. The molecule has 0 saturated heterocycles. The van der Waals surface area contributed by atoms with Crippen LogP contribution >= 0.6 is 11.8 Å². The zero-order chi connectivity index (χ0) is 13.7. The van der Waals surface area contributed by atoms with Gasteiger partial charge in [0.2, 0.25) is 0 Å². The SMILES string of the molecule is CCNc1cc([N+](=O)[O-])cc(Sc2ccccc2)n1. The van der Waals surface area contributed by atoms with Crippen molar-refractivity contribution in [3.63, 3.8) is 0 Å². The lowest BCUT2D eigenvalue weighted by molar-refractivity contribution is -0.385. The number of benzene rings is 1. The molecule has 0 unspecified atom stereocenters. The van der Waals surface area contributed by atoms with Crippen LogP contribution in [0.25, 0.3) is 0 Å². The number of nitrogens with one attached hydrogen (secondary N) is 1. The summed E-state index contributed by atoms with van der Waals surface area (Å²) in [6, 6.07) is 12.6. The molecule has 0 spiro atoms. The molecular formula is C13H13N3O2S. The quantitative estimate of drug-likeness (QED) is 0.667. The summed E-state index contributed by atoms with van der Waals surface area (Å²) in [6.45, 7) is 2.59. The molecule has 0 fully saturated rings. The van der Waals surface area contributed by atoms with Crippen molar-refractivity contribution in [3.05, 3.63) is 52.6 Å². The molecule has 0 aliphatic heterocycles. The molecule has 0 radical (unpaired) electrons. The van der Waals surface area contributed by atoms with E-state index in [1.54, 1.807) is 0 Å². The molecule has 19 heavy (non-hydrogen) atoms. The molecule has 0 bridgehead atoms. The second kappa shape index (κ2) is 6.19. The highest BCUT2D eigenvalue weighted by Crippen LogP contribution is 2.30. The number of nitrogens with zero attached hydrogens (tertiary/aromatic N) is 2. The monoisotopic (exact) mass is 275 g/mol. The summed E-state index contributed by atoms with van der Waals surface area (Å²) in [5.41, 5.74) is 0.0457. The third-order valence-electron chi connectivity index (χ3n) is 2.32. The van der Waals surface area contributed by atoms with Gasteiger partial charge in [-0.25, -0.2) is 4.98 Å². The van der Waals surface area contributed by atoms with E-state index in [0.717, 1.165) is 4.90 Å². The molecule has 0 saturated carbocycles. The second-order valence-corrected chi connectivity index (χ2v) is 4.85. The molecule has 2 rings (SSSR count). The average Bonchev–Trinajstić information content (AvgIpc) is 2.40. The van der Waals surface area contributed by atoms with Crippen LogP contribution in [0.1, 0.15) is 6.92 Å². The summed E-state index contributed by atoms with van der Waals surface area (Å²) in [7, 11) is 0. The zero-order valence-corrected chi connectivity index (χ0v) is 11.2. The minimum absolute atomic E-state index is 0.0457. The molecule has 1 N–H and O–H groups in total. The Kier molecular flexibility index (Phi) is 4.35. The van der Waals surface area contributed by atoms with Crippen LogP contribution in [-0.4, -0.2) is 16.5 Å². The van der Waals surface area contributed by atoms with Crippen LogP contribution < -0.4 is 5.32 Å². The van der Waals surface area contributed by atoms with Crippen LogP contribution in [0.5, 0.6) is 0 Å². The molecule has 6 heteroatoms. The lowest BCUT2D eigenvalue weighted by atomic mass is 10.4. The average molecular weight is 275 g/mol. The standard InChI is InChI=1S/C13H13N3O2S/c1-2-14-12-8-10(16(17)18)9-13(15-12)19-11-6-4-3-5-7-11/h3-9H,2H2,1H3,(H,14,15). The van der Waals surface area contributed by atoms with Gasteiger partial charge in [-0.2, -0.15) is 0 Å². The van der Waals surface area contributed by atoms with Crippen LogP contribution in [-0.2, 0) is 0 Å². The van der Waals surface area contributed by atoms with Crippen LogP contribution in [0, 0.1) is 10.1 Å². The van der Waals surface area contributed by atoms with E-state index in [-0.39, 0.29) is 5.69 Å². The number of nitro groups is 1. The smallest absolute Gasteiger partial charge is 0.275 e. The van der Waals surface area contributed by atoms with E-state index < -0.39 is 4.92 Å². The molecule has 0 aliphatic rings. The van der Waals surface area contributed by atoms with Crippen molar-refractivity contribution in [3.8, 4) is 0 Å². The molecule has 1 aromatic heterocycles. The molecule has 1 heterocycles. The lowest BCUT2D eigenvalue weighted by Crippen LogP contribution is -2.01. The summed E-state index contributed by atoms with van der Waals surface area (Å²) in [6.07, 6.45) is 0. The van der Waals surface area contributed by atoms with E-state index >= 15 is 0 Å². The summed E-state index contributed by atoms with van der Waals surface area (Å²) >= 11 is 1.40. The van der Waals surface area contributed by atoms with Gasteiger partial charge < -0.3 is 5.32 Å². The molecule has 1 aromatic carbocycles. The third kappa shape index (κ3) is 3.69. The predicted octanol–water partition coefficient (Wildman–Crippen LogP) is 3.57. The molecule has 5 nitrogen and oxygen atoms in total. The molecule has 0 aliphatic carbocycles. The first-order chi connectivity index (χ1) is 9.19. The molecule has 0 atom stereocenters. The number of aromatic nitrogens is 1. The van der Waals surface area contributed by atoms with E-state index in [1.165, 1.54) is 23.9 Å². The summed E-state index contributed by atoms with van der Waals surface area (Å²) in [5, 5.41) is 14.5. The number of anilines is 1. The van der Waals surface area contributed by atoms with Crippen molar-refractivity contribution in [1.29, 1.82) is 0 Å². The number of hydrogen-bond acceptors (Lipinski definition) is 5. The van der Waals surface area contributed by atoms with E-state index in [4.69, 9.17) is 0 Å². The highest BCUT2D eigenvalue weighted by Gasteiger charge is 2.11. The molecule has 98 valence electrons. The van der Waals surface area contributed by atoms with Crippen LogP contribution in [0.15, 0.2) is 52.4 Å². The van der Waals surface area contributed by atoms with E-state index in [0.29, 0.717) is 17.4 Å². The maximum Gasteiger partial charge on any atom is 0.275 e. The Labute approximate surface area is 115 Å². The van der Waals surface area contributed by atoms with Crippen molar-refractivity contribution >= 4 is 23.3 Å². The van der Waals surface area contributed by atoms with Gasteiger partial charge in [-0.1, -0.05) is 30.0 Å². The Bertz CT molecular complexity index is 575. The van der Waals surface area contributed by atoms with Gasteiger partial charge in [0.05, 0.1) is 11.0 Å². The highest BCUT2D eigenvalue weighted by molar-refractivity contribution is 7.99. The fourth-order valence-electron chi connectivity index (χ4n) is 1.53. The van der Waals surface area contributed by atoms with Crippen molar-refractivity contribution in [2.45, 2.75) is 16.8 Å². The van der Waals surface area contributed by atoms with Gasteiger partial charge in [-0.05, 0) is 19.1 Å². The van der Waals surface area contributed by atoms with E-state index in [1.807, 2.05) is 37.3 Å². The first kappa shape index (κ1) is 13.4. The van der Waals surface area contributed by atoms with E-state index in [9.17, 15) is 10.1 Å². The van der Waals surface area contributed by atoms with E-state index in [2.05, 4.69) is 10.3 Å². The summed E-state index contributed by atoms with van der Waals surface area (Å²) in [5.74, 6) is 0.523. The predicted molar refractivity (Wildman–Crippen MR) is 75.6 cm³/mol. The van der Waals surface area contributed by atoms with Crippen molar-refractivity contribution < 1.29 is 4.92 Å². The summed E-state index contributed by atoms with van der Waals surface area (Å²) in [4.78, 5) is 15.8. The van der Waals surface area contributed by atoms with Crippen molar-refractivity contribution in [2.24, 2.45) is 0 Å². The summed E-state index contributed by atoms with van der Waals surface area (Å²) < 4.78 is 0. The van der Waals surface area contributed by atoms with Crippen LogP contribution in [0.2, 0.25) is 0 Å². The minimum Gasteiger partial charge on any atom is -0.370 e. The largest absolute Gasteiger partial charge is 0.370 e. The number of pyridine rings is 1. The van der Waals surface area contributed by atoms with Gasteiger partial charge in [0.1, 0.15) is 10.8 Å². The second-order valence-electron chi connectivity index (χ2n) is 3.75. The van der Waals surface area contributed by atoms with Gasteiger partial charge in [-0.3, -0.25) is 10.1 Å². The van der Waals surface area contributed by atoms with Crippen LogP contribution in [0.4, 0.5) is 11.5 Å². The normalized spacial score (nSPS) is 10.2. The molecule has 2 aromatic rings. The maximum atomic E-state index is 10.9. The maximum absolute atomic E-state index is 10.9. The van der Waals surface area contributed by atoms with Gasteiger partial charge in [0.25, 0.3) is 5.69 Å². The Balaban J connectivity index is 2.31. The lowest BCUT2D eigenvalue weighted by Gasteiger charge is -2.05. The number of hydrogen-bond donors (Lipinski definition) is 1. The fraction of sp³-hybridized carbons (Fsp3) is 0.154. The van der Waals surface area contributed by atoms with Gasteiger partial charge >= 0.3 is 0 Å². The Morgan fingerprint density at radius 2 is 2.05 bits per heavy atom. The molecule has 0 amide bonds. The minimum atomic E-state index is -0.405. The fourth-order valence-corrected chi connectivity index (χ4v) is 2.39. The van der Waals surface area contributed by atoms with Gasteiger partial charge in [-0.15, -0.1) is 0 Å².